The molecule has 0 bridgehead atoms. The molecule has 9 heteroatoms. The maximum absolute atomic E-state index is 13.3. The summed E-state index contributed by atoms with van der Waals surface area (Å²) >= 11 is 0. The van der Waals surface area contributed by atoms with Crippen molar-refractivity contribution in [2.45, 2.75) is 13.8 Å². The third-order valence-electron chi connectivity index (χ3n) is 5.48. The summed E-state index contributed by atoms with van der Waals surface area (Å²) in [6.45, 7) is 3.65. The summed E-state index contributed by atoms with van der Waals surface area (Å²) in [7, 11) is 1.30. The fraction of sp³-hybridized carbons (Fsp3) is 0.120. The van der Waals surface area contributed by atoms with E-state index < -0.39 is 29.6 Å². The minimum atomic E-state index is -0.913. The third-order valence-corrected chi connectivity index (χ3v) is 5.48. The summed E-state index contributed by atoms with van der Waals surface area (Å²) in [6, 6.07) is 12.5. The molecule has 0 spiro atoms. The fourth-order valence-corrected chi connectivity index (χ4v) is 3.86. The monoisotopic (exact) mass is 461 g/mol. The lowest BCUT2D eigenvalue weighted by atomic mass is 10.1. The molecule has 1 fully saturated rings. The van der Waals surface area contributed by atoms with E-state index in [9.17, 15) is 23.6 Å². The minimum Gasteiger partial charge on any atom is -0.465 e. The van der Waals surface area contributed by atoms with Crippen molar-refractivity contribution in [1.82, 2.24) is 9.88 Å². The van der Waals surface area contributed by atoms with Crippen LogP contribution in [-0.2, 0) is 14.3 Å². The van der Waals surface area contributed by atoms with E-state index in [1.165, 1.54) is 25.3 Å². The number of nitrogens with one attached hydrogen (secondary N) is 1. The number of nitrogens with zero attached hydrogens (tertiary/aromatic N) is 2. The van der Waals surface area contributed by atoms with Gasteiger partial charge in [-0.05, 0) is 74.0 Å². The van der Waals surface area contributed by atoms with Gasteiger partial charge in [-0.1, -0.05) is 6.07 Å². The highest BCUT2D eigenvalue weighted by Crippen LogP contribution is 2.26. The number of carbonyl (C=O) groups is 4. The van der Waals surface area contributed by atoms with Crippen LogP contribution in [0.25, 0.3) is 11.8 Å². The number of ether oxygens (including phenoxy) is 1. The number of hydrogen-bond donors (Lipinski definition) is 1. The van der Waals surface area contributed by atoms with Crippen LogP contribution in [0.5, 0.6) is 0 Å². The van der Waals surface area contributed by atoms with Crippen molar-refractivity contribution >= 4 is 35.6 Å². The van der Waals surface area contributed by atoms with Gasteiger partial charge in [-0.25, -0.2) is 18.9 Å². The maximum atomic E-state index is 13.3. The van der Waals surface area contributed by atoms with Crippen LogP contribution < -0.4 is 10.2 Å². The number of rotatable bonds is 4. The first-order chi connectivity index (χ1) is 16.2. The lowest BCUT2D eigenvalue weighted by Crippen LogP contribution is -2.54. The summed E-state index contributed by atoms with van der Waals surface area (Å²) in [4.78, 5) is 50.6. The van der Waals surface area contributed by atoms with E-state index in [0.29, 0.717) is 22.5 Å². The van der Waals surface area contributed by atoms with Crippen LogP contribution in [0.3, 0.4) is 0 Å². The first-order valence-corrected chi connectivity index (χ1v) is 10.3. The predicted molar refractivity (Wildman–Crippen MR) is 122 cm³/mol. The molecule has 2 heterocycles. The number of aryl methyl sites for hydroxylation is 1. The predicted octanol–water partition coefficient (Wildman–Crippen LogP) is 3.69. The first kappa shape index (κ1) is 22.7. The van der Waals surface area contributed by atoms with Crippen molar-refractivity contribution < 1.29 is 28.3 Å². The van der Waals surface area contributed by atoms with Crippen LogP contribution in [0.15, 0.2) is 60.2 Å². The third kappa shape index (κ3) is 3.99. The number of aromatic nitrogens is 1. The van der Waals surface area contributed by atoms with Crippen LogP contribution in [0, 0.1) is 19.7 Å². The summed E-state index contributed by atoms with van der Waals surface area (Å²) in [5.74, 6) is -2.64. The molecule has 3 aromatic rings. The van der Waals surface area contributed by atoms with Crippen molar-refractivity contribution in [3.63, 3.8) is 0 Å². The Hall–Kier alpha value is -4.53. The molecule has 1 aromatic heterocycles. The molecule has 4 amide bonds. The molecule has 1 saturated heterocycles. The van der Waals surface area contributed by atoms with Gasteiger partial charge in [-0.2, -0.15) is 0 Å². The number of halogens is 1. The van der Waals surface area contributed by atoms with E-state index in [0.717, 1.165) is 22.7 Å². The second-order valence-electron chi connectivity index (χ2n) is 7.64. The van der Waals surface area contributed by atoms with Gasteiger partial charge in [0.2, 0.25) is 0 Å². The number of methoxy groups -OCH3 is 1. The number of amides is 4. The lowest BCUT2D eigenvalue weighted by molar-refractivity contribution is -0.122. The molecule has 8 nitrogen and oxygen atoms in total. The minimum absolute atomic E-state index is 0.132. The van der Waals surface area contributed by atoms with Crippen molar-refractivity contribution in [1.29, 1.82) is 0 Å². The Labute approximate surface area is 194 Å². The SMILES string of the molecule is COC(=O)c1cccc(-n2c(C)cc(/C=C3\C(=O)NC(=O)N(c4ccc(F)cc4)C3=O)c2C)c1. The van der Waals surface area contributed by atoms with E-state index in [1.54, 1.807) is 31.2 Å². The van der Waals surface area contributed by atoms with E-state index in [1.807, 2.05) is 17.6 Å². The van der Waals surface area contributed by atoms with Gasteiger partial charge >= 0.3 is 12.0 Å². The number of imide groups is 2. The topological polar surface area (TPSA) is 97.7 Å². The Balaban J connectivity index is 1.75. The van der Waals surface area contributed by atoms with Crippen LogP contribution in [-0.4, -0.2) is 35.5 Å². The normalized spacial score (nSPS) is 15.0. The molecule has 1 N–H and O–H groups in total. The molecule has 34 heavy (non-hydrogen) atoms. The number of carbonyl (C=O) groups excluding carboxylic acids is 4. The van der Waals surface area contributed by atoms with Crippen molar-refractivity contribution in [2.24, 2.45) is 0 Å². The van der Waals surface area contributed by atoms with Crippen molar-refractivity contribution in [3.8, 4) is 5.69 Å². The number of hydrogen-bond acceptors (Lipinski definition) is 5. The Kier molecular flexibility index (Phi) is 5.85. The summed E-state index contributed by atoms with van der Waals surface area (Å²) in [5, 5.41) is 2.15. The van der Waals surface area contributed by atoms with E-state index in [-0.39, 0.29) is 11.3 Å². The van der Waals surface area contributed by atoms with Crippen molar-refractivity contribution in [3.05, 3.63) is 88.5 Å². The number of urea groups is 1. The molecule has 0 aliphatic carbocycles. The number of benzene rings is 2. The molecule has 0 unspecified atom stereocenters. The highest BCUT2D eigenvalue weighted by molar-refractivity contribution is 6.39. The molecular formula is C25H20FN3O5. The molecule has 0 atom stereocenters. The smallest absolute Gasteiger partial charge is 0.337 e. The van der Waals surface area contributed by atoms with Gasteiger partial charge in [-0.15, -0.1) is 0 Å². The zero-order valence-electron chi connectivity index (χ0n) is 18.6. The van der Waals surface area contributed by atoms with Gasteiger partial charge in [0.05, 0.1) is 18.4 Å². The molecule has 1 aliphatic rings. The number of anilines is 1. The van der Waals surface area contributed by atoms with E-state index >= 15 is 0 Å². The van der Waals surface area contributed by atoms with Crippen molar-refractivity contribution in [2.75, 3.05) is 12.0 Å². The molecule has 1 aliphatic heterocycles. The Morgan fingerprint density at radius 2 is 1.71 bits per heavy atom. The summed E-state index contributed by atoms with van der Waals surface area (Å²) in [6.07, 6.45) is 1.41. The van der Waals surface area contributed by atoms with Crippen LogP contribution in [0.1, 0.15) is 27.3 Å². The lowest BCUT2D eigenvalue weighted by Gasteiger charge is -2.26. The highest BCUT2D eigenvalue weighted by atomic mass is 19.1. The Morgan fingerprint density at radius 1 is 1.00 bits per heavy atom. The second-order valence-corrected chi connectivity index (χ2v) is 7.64. The molecule has 2 aromatic carbocycles. The van der Waals surface area contributed by atoms with Gasteiger partial charge in [-0.3, -0.25) is 14.9 Å². The summed E-state index contributed by atoms with van der Waals surface area (Å²) in [5.41, 5.74) is 3.04. The van der Waals surface area contributed by atoms with E-state index in [2.05, 4.69) is 5.32 Å². The van der Waals surface area contributed by atoms with Gasteiger partial charge in [0.25, 0.3) is 11.8 Å². The van der Waals surface area contributed by atoms with Gasteiger partial charge in [0.15, 0.2) is 0 Å². The largest absolute Gasteiger partial charge is 0.465 e. The van der Waals surface area contributed by atoms with Gasteiger partial charge in [0.1, 0.15) is 11.4 Å². The highest BCUT2D eigenvalue weighted by Gasteiger charge is 2.37. The molecule has 4 rings (SSSR count). The fourth-order valence-electron chi connectivity index (χ4n) is 3.86. The van der Waals surface area contributed by atoms with Gasteiger partial charge in [0, 0.05) is 17.1 Å². The van der Waals surface area contributed by atoms with Gasteiger partial charge < -0.3 is 9.30 Å². The molecule has 172 valence electrons. The molecule has 0 saturated carbocycles. The molecule has 0 radical (unpaired) electrons. The van der Waals surface area contributed by atoms with Crippen LogP contribution >= 0.6 is 0 Å². The second kappa shape index (κ2) is 8.78. The Bertz CT molecular complexity index is 1370. The molecular weight excluding hydrogens is 441 g/mol. The first-order valence-electron chi connectivity index (χ1n) is 10.3. The maximum Gasteiger partial charge on any atom is 0.337 e. The quantitative estimate of drug-likeness (QED) is 0.363. The zero-order valence-corrected chi connectivity index (χ0v) is 18.6. The average molecular weight is 461 g/mol. The van der Waals surface area contributed by atoms with Crippen LogP contribution in [0.2, 0.25) is 0 Å². The van der Waals surface area contributed by atoms with E-state index in [4.69, 9.17) is 4.74 Å². The average Bonchev–Trinajstić information content (AvgIpc) is 3.09. The van der Waals surface area contributed by atoms with Crippen LogP contribution in [0.4, 0.5) is 14.9 Å². The number of barbiturate groups is 1. The standard InChI is InChI=1S/C25H20FN3O5/c1-14-11-17(15(2)28(14)20-6-4-5-16(12-20)24(32)34-3)13-21-22(30)27-25(33)29(23(21)31)19-9-7-18(26)8-10-19/h4-13H,1-3H3,(H,27,30,33)/b21-13+. The Morgan fingerprint density at radius 3 is 2.38 bits per heavy atom. The summed E-state index contributed by atoms with van der Waals surface area (Å²) < 4.78 is 19.9. The number of esters is 1. The zero-order chi connectivity index (χ0) is 24.6.